The number of aromatic amines is 1. The van der Waals surface area contributed by atoms with E-state index in [1.807, 2.05) is 50.2 Å². The second kappa shape index (κ2) is 4.39. The van der Waals surface area contributed by atoms with E-state index in [4.69, 9.17) is 0 Å². The van der Waals surface area contributed by atoms with Gasteiger partial charge in [0.1, 0.15) is 11.5 Å². The van der Waals surface area contributed by atoms with Gasteiger partial charge in [-0.05, 0) is 25.5 Å². The van der Waals surface area contributed by atoms with Gasteiger partial charge in [0.2, 0.25) is 0 Å². The first-order chi connectivity index (χ1) is 9.15. The van der Waals surface area contributed by atoms with Crippen LogP contribution in [-0.4, -0.2) is 14.5 Å². The van der Waals surface area contributed by atoms with Gasteiger partial charge in [0.05, 0.1) is 11.9 Å². The number of nitrogens with zero attached hydrogens (tertiary/aromatic N) is 2. The largest absolute Gasteiger partial charge is 0.343 e. The number of aryl methyl sites for hydroxylation is 2. The Morgan fingerprint density at radius 1 is 1.21 bits per heavy atom. The molecule has 2 aromatic heterocycles. The average Bonchev–Trinajstić information content (AvgIpc) is 2.76. The van der Waals surface area contributed by atoms with Crippen molar-refractivity contribution in [3.8, 4) is 0 Å². The lowest BCUT2D eigenvalue weighted by molar-refractivity contribution is 0.712. The van der Waals surface area contributed by atoms with Gasteiger partial charge >= 0.3 is 0 Å². The molecule has 0 radical (unpaired) electrons. The Bertz CT molecular complexity index is 784. The quantitative estimate of drug-likeness (QED) is 0.762. The first kappa shape index (κ1) is 11.7. The number of rotatable bonds is 2. The molecule has 4 heteroatoms. The summed E-state index contributed by atoms with van der Waals surface area (Å²) in [6.07, 6.45) is 0. The summed E-state index contributed by atoms with van der Waals surface area (Å²) in [5.41, 5.74) is 2.73. The van der Waals surface area contributed by atoms with Crippen LogP contribution in [0, 0.1) is 13.8 Å². The lowest BCUT2D eigenvalue weighted by Crippen LogP contribution is -2.24. The van der Waals surface area contributed by atoms with E-state index in [9.17, 15) is 4.79 Å². The molecule has 2 heterocycles. The molecule has 0 aliphatic rings. The van der Waals surface area contributed by atoms with E-state index in [1.54, 1.807) is 4.57 Å². The molecule has 3 aromatic rings. The number of nitrogens with one attached hydrogen (secondary N) is 1. The third-order valence-electron chi connectivity index (χ3n) is 3.25. The smallest absolute Gasteiger partial charge is 0.263 e. The van der Waals surface area contributed by atoms with Crippen molar-refractivity contribution in [2.24, 2.45) is 0 Å². The molecule has 0 fully saturated rings. The van der Waals surface area contributed by atoms with E-state index in [1.165, 1.54) is 0 Å². The number of H-pyrrole nitrogens is 1. The summed E-state index contributed by atoms with van der Waals surface area (Å²) in [6, 6.07) is 11.8. The second-order valence-corrected chi connectivity index (χ2v) is 4.75. The zero-order chi connectivity index (χ0) is 13.4. The number of benzene rings is 1. The Morgan fingerprint density at radius 3 is 2.68 bits per heavy atom. The molecule has 3 rings (SSSR count). The SMILES string of the molecule is Cc1cc2c(=O)n(Cc3ccccc3)c(C)nc2[nH]1. The van der Waals surface area contributed by atoms with Crippen molar-refractivity contribution in [3.63, 3.8) is 0 Å². The maximum atomic E-state index is 12.5. The number of hydrogen-bond acceptors (Lipinski definition) is 2. The van der Waals surface area contributed by atoms with Crippen molar-refractivity contribution in [1.82, 2.24) is 14.5 Å². The van der Waals surface area contributed by atoms with Crippen molar-refractivity contribution in [2.45, 2.75) is 20.4 Å². The molecule has 4 nitrogen and oxygen atoms in total. The van der Waals surface area contributed by atoms with E-state index in [-0.39, 0.29) is 5.56 Å². The van der Waals surface area contributed by atoms with Crippen LogP contribution in [0.5, 0.6) is 0 Å². The van der Waals surface area contributed by atoms with E-state index in [2.05, 4.69) is 9.97 Å². The second-order valence-electron chi connectivity index (χ2n) is 4.75. The van der Waals surface area contributed by atoms with Gasteiger partial charge < -0.3 is 4.98 Å². The van der Waals surface area contributed by atoms with Crippen molar-refractivity contribution in [1.29, 1.82) is 0 Å². The van der Waals surface area contributed by atoms with Crippen LogP contribution >= 0.6 is 0 Å². The van der Waals surface area contributed by atoms with Gasteiger partial charge in [-0.15, -0.1) is 0 Å². The standard InChI is InChI=1S/C15H15N3O/c1-10-8-13-14(16-10)17-11(2)18(15(13)19)9-12-6-4-3-5-7-12/h3-8,16H,9H2,1-2H3. The third kappa shape index (κ3) is 2.05. The predicted octanol–water partition coefficient (Wildman–Crippen LogP) is 2.39. The summed E-state index contributed by atoms with van der Waals surface area (Å²) in [5, 5.41) is 0.652. The highest BCUT2D eigenvalue weighted by atomic mass is 16.1. The van der Waals surface area contributed by atoms with Gasteiger partial charge in [0.25, 0.3) is 5.56 Å². The molecule has 1 aromatic carbocycles. The molecule has 0 saturated carbocycles. The van der Waals surface area contributed by atoms with Crippen molar-refractivity contribution in [2.75, 3.05) is 0 Å². The fourth-order valence-electron chi connectivity index (χ4n) is 2.29. The lowest BCUT2D eigenvalue weighted by atomic mass is 10.2. The van der Waals surface area contributed by atoms with Crippen LogP contribution in [0.15, 0.2) is 41.2 Å². The zero-order valence-corrected chi connectivity index (χ0v) is 11.0. The van der Waals surface area contributed by atoms with Crippen molar-refractivity contribution in [3.05, 3.63) is 63.8 Å². The summed E-state index contributed by atoms with van der Waals surface area (Å²) in [6.45, 7) is 4.34. The molecule has 0 aliphatic carbocycles. The van der Waals surface area contributed by atoms with Crippen LogP contribution in [0.2, 0.25) is 0 Å². The molecule has 96 valence electrons. The minimum absolute atomic E-state index is 0.00991. The van der Waals surface area contributed by atoms with E-state index >= 15 is 0 Å². The minimum Gasteiger partial charge on any atom is -0.343 e. The van der Waals surface area contributed by atoms with Crippen molar-refractivity contribution < 1.29 is 0 Å². The maximum Gasteiger partial charge on any atom is 0.263 e. The van der Waals surface area contributed by atoms with Gasteiger partial charge in [0.15, 0.2) is 0 Å². The molecule has 0 unspecified atom stereocenters. The molecule has 0 atom stereocenters. The van der Waals surface area contributed by atoms with Gasteiger partial charge in [-0.2, -0.15) is 0 Å². The van der Waals surface area contributed by atoms with Gasteiger partial charge in [-0.3, -0.25) is 9.36 Å². The molecule has 0 saturated heterocycles. The van der Waals surface area contributed by atoms with Gasteiger partial charge in [-0.1, -0.05) is 30.3 Å². The van der Waals surface area contributed by atoms with E-state index in [0.717, 1.165) is 17.1 Å². The van der Waals surface area contributed by atoms with Crippen LogP contribution < -0.4 is 5.56 Å². The highest BCUT2D eigenvalue weighted by molar-refractivity contribution is 5.75. The number of fused-ring (bicyclic) bond motifs is 1. The molecule has 0 bridgehead atoms. The van der Waals surface area contributed by atoms with Crippen LogP contribution in [0.4, 0.5) is 0 Å². The maximum absolute atomic E-state index is 12.5. The Labute approximate surface area is 110 Å². The summed E-state index contributed by atoms with van der Waals surface area (Å²) in [4.78, 5) is 20.0. The van der Waals surface area contributed by atoms with Crippen molar-refractivity contribution >= 4 is 11.0 Å². The molecule has 0 aliphatic heterocycles. The highest BCUT2D eigenvalue weighted by Crippen LogP contribution is 2.10. The number of aromatic nitrogens is 3. The molecular weight excluding hydrogens is 238 g/mol. The summed E-state index contributed by atoms with van der Waals surface area (Å²) >= 11 is 0. The molecule has 0 spiro atoms. The Hall–Kier alpha value is -2.36. The summed E-state index contributed by atoms with van der Waals surface area (Å²) in [5.74, 6) is 0.725. The van der Waals surface area contributed by atoms with E-state index in [0.29, 0.717) is 17.6 Å². The highest BCUT2D eigenvalue weighted by Gasteiger charge is 2.10. The van der Waals surface area contributed by atoms with Crippen LogP contribution in [0.3, 0.4) is 0 Å². The minimum atomic E-state index is 0.00991. The summed E-state index contributed by atoms with van der Waals surface area (Å²) < 4.78 is 1.71. The molecule has 1 N–H and O–H groups in total. The molecule has 0 amide bonds. The Morgan fingerprint density at radius 2 is 1.95 bits per heavy atom. The Balaban J connectivity index is 2.16. The lowest BCUT2D eigenvalue weighted by Gasteiger charge is -2.09. The zero-order valence-electron chi connectivity index (χ0n) is 11.0. The fourth-order valence-corrected chi connectivity index (χ4v) is 2.29. The fraction of sp³-hybridized carbons (Fsp3) is 0.200. The summed E-state index contributed by atoms with van der Waals surface area (Å²) in [7, 11) is 0. The van der Waals surface area contributed by atoms with Crippen LogP contribution in [0.25, 0.3) is 11.0 Å². The third-order valence-corrected chi connectivity index (χ3v) is 3.25. The topological polar surface area (TPSA) is 50.7 Å². The van der Waals surface area contributed by atoms with Crippen LogP contribution in [0.1, 0.15) is 17.1 Å². The average molecular weight is 253 g/mol. The normalized spacial score (nSPS) is 11.1. The monoisotopic (exact) mass is 253 g/mol. The predicted molar refractivity (Wildman–Crippen MR) is 75.4 cm³/mol. The first-order valence-corrected chi connectivity index (χ1v) is 6.26. The van der Waals surface area contributed by atoms with Gasteiger partial charge in [0, 0.05) is 5.69 Å². The molecular formula is C15H15N3O. The van der Waals surface area contributed by atoms with Gasteiger partial charge in [-0.25, -0.2) is 4.98 Å². The van der Waals surface area contributed by atoms with Crippen LogP contribution in [-0.2, 0) is 6.54 Å². The Kier molecular flexibility index (Phi) is 2.71. The van der Waals surface area contributed by atoms with E-state index < -0.39 is 0 Å². The molecule has 19 heavy (non-hydrogen) atoms. The number of hydrogen-bond donors (Lipinski definition) is 1. The first-order valence-electron chi connectivity index (χ1n) is 6.26.